The smallest absolute Gasteiger partial charge is 0.0366 e. The Morgan fingerprint density at radius 2 is 1.90 bits per heavy atom. The summed E-state index contributed by atoms with van der Waals surface area (Å²) in [6.07, 6.45) is 6.57. The van der Waals surface area contributed by atoms with Gasteiger partial charge in [-0.3, -0.25) is 0 Å². The maximum absolute atomic E-state index is 6.80. The predicted molar refractivity (Wildman–Crippen MR) is 89.1 cm³/mol. The molecule has 3 rings (SSSR count). The lowest BCUT2D eigenvalue weighted by Gasteiger charge is -2.37. The van der Waals surface area contributed by atoms with Gasteiger partial charge >= 0.3 is 0 Å². The molecular formula is C18H25NS. The molecule has 0 bridgehead atoms. The summed E-state index contributed by atoms with van der Waals surface area (Å²) >= 11 is 1.84. The van der Waals surface area contributed by atoms with E-state index in [9.17, 15) is 0 Å². The average Bonchev–Trinajstić information content (AvgIpc) is 3.04. The summed E-state index contributed by atoms with van der Waals surface area (Å²) < 4.78 is 1.37. The Morgan fingerprint density at radius 3 is 2.60 bits per heavy atom. The van der Waals surface area contributed by atoms with E-state index >= 15 is 0 Å². The van der Waals surface area contributed by atoms with Crippen LogP contribution in [0.5, 0.6) is 0 Å². The van der Waals surface area contributed by atoms with Crippen molar-refractivity contribution >= 4 is 21.4 Å². The lowest BCUT2D eigenvalue weighted by atomic mass is 9.71. The Hall–Kier alpha value is -0.860. The zero-order chi connectivity index (χ0) is 14.2. The normalized spacial score (nSPS) is 19.8. The second kappa shape index (κ2) is 5.50. The fourth-order valence-electron chi connectivity index (χ4n) is 4.10. The molecule has 1 nitrogen and oxygen atoms in total. The standard InChI is InChI=1S/C18H25NS/c1-13(2)11-18(9-5-6-10-18)17(19)15-12-20-16-8-4-3-7-14(15)16/h3-4,7-8,12-13,17H,5-6,9-11,19H2,1-2H3. The van der Waals surface area contributed by atoms with Crippen molar-refractivity contribution in [1.82, 2.24) is 0 Å². The summed E-state index contributed by atoms with van der Waals surface area (Å²) in [7, 11) is 0. The molecule has 2 N–H and O–H groups in total. The van der Waals surface area contributed by atoms with Crippen LogP contribution in [-0.2, 0) is 0 Å². The van der Waals surface area contributed by atoms with Crippen molar-refractivity contribution in [1.29, 1.82) is 0 Å². The highest BCUT2D eigenvalue weighted by Crippen LogP contribution is 2.52. The molecule has 0 radical (unpaired) electrons. The first kappa shape index (κ1) is 14.1. The van der Waals surface area contributed by atoms with Crippen LogP contribution in [0.1, 0.15) is 57.6 Å². The first-order valence-electron chi connectivity index (χ1n) is 7.84. The number of thiophene rings is 1. The van der Waals surface area contributed by atoms with E-state index in [4.69, 9.17) is 5.73 Å². The highest BCUT2D eigenvalue weighted by atomic mass is 32.1. The monoisotopic (exact) mass is 287 g/mol. The quantitative estimate of drug-likeness (QED) is 0.788. The van der Waals surface area contributed by atoms with E-state index in [1.807, 2.05) is 11.3 Å². The fourth-order valence-corrected chi connectivity index (χ4v) is 5.10. The van der Waals surface area contributed by atoms with Crippen molar-refractivity contribution in [2.24, 2.45) is 17.1 Å². The molecule has 1 heterocycles. The first-order chi connectivity index (χ1) is 9.62. The highest BCUT2D eigenvalue weighted by molar-refractivity contribution is 7.17. The molecule has 1 unspecified atom stereocenters. The van der Waals surface area contributed by atoms with E-state index < -0.39 is 0 Å². The molecule has 1 aliphatic rings. The van der Waals surface area contributed by atoms with Gasteiger partial charge in [0.15, 0.2) is 0 Å². The molecule has 2 aromatic rings. The summed E-state index contributed by atoms with van der Waals surface area (Å²) in [5, 5.41) is 3.68. The van der Waals surface area contributed by atoms with Crippen molar-refractivity contribution < 1.29 is 0 Å². The maximum Gasteiger partial charge on any atom is 0.0366 e. The van der Waals surface area contributed by atoms with Crippen molar-refractivity contribution in [3.8, 4) is 0 Å². The van der Waals surface area contributed by atoms with Crippen LogP contribution in [-0.4, -0.2) is 0 Å². The molecule has 1 atom stereocenters. The molecular weight excluding hydrogens is 262 g/mol. The average molecular weight is 287 g/mol. The van der Waals surface area contributed by atoms with Gasteiger partial charge < -0.3 is 5.73 Å². The first-order valence-corrected chi connectivity index (χ1v) is 8.72. The zero-order valence-corrected chi connectivity index (χ0v) is 13.4. The Labute approximate surface area is 126 Å². The van der Waals surface area contributed by atoms with Crippen LogP contribution < -0.4 is 5.73 Å². The van der Waals surface area contributed by atoms with Gasteiger partial charge in [-0.15, -0.1) is 11.3 Å². The van der Waals surface area contributed by atoms with Gasteiger partial charge in [-0.1, -0.05) is 44.9 Å². The van der Waals surface area contributed by atoms with Gasteiger partial charge in [-0.25, -0.2) is 0 Å². The molecule has 0 spiro atoms. The molecule has 2 heteroatoms. The molecule has 1 aromatic carbocycles. The van der Waals surface area contributed by atoms with Crippen molar-refractivity contribution in [2.45, 2.75) is 52.0 Å². The molecule has 0 amide bonds. The predicted octanol–water partition coefficient (Wildman–Crippen LogP) is 5.51. The molecule has 108 valence electrons. The second-order valence-corrected chi connectivity index (χ2v) is 7.74. The largest absolute Gasteiger partial charge is 0.323 e. The number of rotatable bonds is 4. The Morgan fingerprint density at radius 1 is 1.20 bits per heavy atom. The third kappa shape index (κ3) is 2.40. The van der Waals surface area contributed by atoms with Gasteiger partial charge in [0.2, 0.25) is 0 Å². The lowest BCUT2D eigenvalue weighted by Crippen LogP contribution is -2.33. The fraction of sp³-hybridized carbons (Fsp3) is 0.556. The van der Waals surface area contributed by atoms with Crippen molar-refractivity contribution in [3.63, 3.8) is 0 Å². The second-order valence-electron chi connectivity index (χ2n) is 6.83. The number of hydrogen-bond donors (Lipinski definition) is 1. The van der Waals surface area contributed by atoms with Gasteiger partial charge in [0, 0.05) is 10.7 Å². The minimum absolute atomic E-state index is 0.198. The zero-order valence-electron chi connectivity index (χ0n) is 12.6. The highest BCUT2D eigenvalue weighted by Gasteiger charge is 2.41. The van der Waals surface area contributed by atoms with Crippen LogP contribution >= 0.6 is 11.3 Å². The van der Waals surface area contributed by atoms with Gasteiger partial charge in [0.05, 0.1) is 0 Å². The maximum atomic E-state index is 6.80. The van der Waals surface area contributed by atoms with Gasteiger partial charge in [0.1, 0.15) is 0 Å². The van der Waals surface area contributed by atoms with Gasteiger partial charge in [-0.2, -0.15) is 0 Å². The van der Waals surface area contributed by atoms with Crippen LogP contribution in [0.15, 0.2) is 29.6 Å². The minimum Gasteiger partial charge on any atom is -0.323 e. The lowest BCUT2D eigenvalue weighted by molar-refractivity contribution is 0.184. The van der Waals surface area contributed by atoms with Gasteiger partial charge in [0.25, 0.3) is 0 Å². The van der Waals surface area contributed by atoms with E-state index in [2.05, 4.69) is 43.5 Å². The third-order valence-corrected chi connectivity index (χ3v) is 5.90. The van der Waals surface area contributed by atoms with Gasteiger partial charge in [-0.05, 0) is 53.0 Å². The summed E-state index contributed by atoms with van der Waals surface area (Å²) in [6.45, 7) is 4.66. The molecule has 1 aliphatic carbocycles. The van der Waals surface area contributed by atoms with E-state index in [1.165, 1.54) is 47.8 Å². The van der Waals surface area contributed by atoms with Crippen LogP contribution in [0.2, 0.25) is 0 Å². The van der Waals surface area contributed by atoms with Crippen LogP contribution in [0.3, 0.4) is 0 Å². The molecule has 0 aliphatic heterocycles. The molecule has 1 saturated carbocycles. The number of nitrogens with two attached hydrogens (primary N) is 1. The molecule has 1 fully saturated rings. The minimum atomic E-state index is 0.198. The topological polar surface area (TPSA) is 26.0 Å². The molecule has 0 saturated heterocycles. The van der Waals surface area contributed by atoms with E-state index in [1.54, 1.807) is 0 Å². The van der Waals surface area contributed by atoms with Crippen LogP contribution in [0.25, 0.3) is 10.1 Å². The van der Waals surface area contributed by atoms with E-state index in [0.717, 1.165) is 5.92 Å². The van der Waals surface area contributed by atoms with Crippen molar-refractivity contribution in [3.05, 3.63) is 35.2 Å². The number of benzene rings is 1. The molecule has 1 aromatic heterocycles. The number of hydrogen-bond acceptors (Lipinski definition) is 2. The van der Waals surface area contributed by atoms with Crippen molar-refractivity contribution in [2.75, 3.05) is 0 Å². The Balaban J connectivity index is 1.99. The third-order valence-electron chi connectivity index (χ3n) is 4.92. The van der Waals surface area contributed by atoms with Crippen LogP contribution in [0.4, 0.5) is 0 Å². The number of fused-ring (bicyclic) bond motifs is 1. The summed E-state index contributed by atoms with van der Waals surface area (Å²) in [5.74, 6) is 0.726. The van der Waals surface area contributed by atoms with E-state index in [-0.39, 0.29) is 6.04 Å². The van der Waals surface area contributed by atoms with Crippen LogP contribution in [0, 0.1) is 11.3 Å². The summed E-state index contributed by atoms with van der Waals surface area (Å²) in [6, 6.07) is 8.89. The summed E-state index contributed by atoms with van der Waals surface area (Å²) in [5.41, 5.74) is 8.51. The molecule has 20 heavy (non-hydrogen) atoms. The van der Waals surface area contributed by atoms with E-state index in [0.29, 0.717) is 5.41 Å². The Bertz CT molecular complexity index is 578. The summed E-state index contributed by atoms with van der Waals surface area (Å²) in [4.78, 5) is 0. The SMILES string of the molecule is CC(C)CC1(C(N)c2csc3ccccc23)CCCC1. The Kier molecular flexibility index (Phi) is 3.87.